The molecular weight excluding hydrogens is 294 g/mol. The zero-order valence-corrected chi connectivity index (χ0v) is 12.0. The van der Waals surface area contributed by atoms with Gasteiger partial charge < -0.3 is 19.3 Å². The van der Waals surface area contributed by atoms with E-state index in [1.54, 1.807) is 19.9 Å². The van der Waals surface area contributed by atoms with E-state index < -0.39 is 41.6 Å². The summed E-state index contributed by atoms with van der Waals surface area (Å²) in [6, 6.07) is 1.71. The van der Waals surface area contributed by atoms with Crippen molar-refractivity contribution in [1.29, 1.82) is 5.26 Å². The van der Waals surface area contributed by atoms with E-state index >= 15 is 0 Å². The third-order valence-corrected chi connectivity index (χ3v) is 3.67. The quantitative estimate of drug-likeness (QED) is 0.704. The summed E-state index contributed by atoms with van der Waals surface area (Å²) < 4.78 is 18.1. The highest BCUT2D eigenvalue weighted by atomic mass is 16.8. The molecule has 0 bridgehead atoms. The van der Waals surface area contributed by atoms with Crippen LogP contribution in [-0.2, 0) is 14.2 Å². The number of nitrogens with zero attached hydrogens (tertiary/aromatic N) is 2. The lowest BCUT2D eigenvalue weighted by molar-refractivity contribution is -0.200. The largest absolute Gasteiger partial charge is 0.394 e. The molecule has 3 rings (SSSR count). The van der Waals surface area contributed by atoms with Crippen molar-refractivity contribution < 1.29 is 19.3 Å². The summed E-state index contributed by atoms with van der Waals surface area (Å²) >= 11 is 0. The van der Waals surface area contributed by atoms with Crippen molar-refractivity contribution in [3.63, 3.8) is 0 Å². The molecule has 0 aromatic carbocycles. The van der Waals surface area contributed by atoms with Crippen LogP contribution in [0.25, 0.3) is 0 Å². The van der Waals surface area contributed by atoms with Gasteiger partial charge in [0.25, 0.3) is 5.56 Å². The summed E-state index contributed by atoms with van der Waals surface area (Å²) in [4.78, 5) is 25.5. The van der Waals surface area contributed by atoms with Crippen LogP contribution in [0.5, 0.6) is 0 Å². The standard InChI is InChI=1S/C13H15N3O6/c1-13(2)21-8-7(5-17)20-11(9(8)22-13)16-4-6(3-14)10(18)15-12(16)19/h4,7-9,11,17H,5H2,1-2H3,(H,15,18,19)/t7-,8-,9-,11-/m1/s1. The number of aliphatic hydroxyl groups is 1. The van der Waals surface area contributed by atoms with Crippen LogP contribution < -0.4 is 11.2 Å². The first kappa shape index (κ1) is 14.9. The fourth-order valence-electron chi connectivity index (χ4n) is 2.78. The van der Waals surface area contributed by atoms with E-state index in [9.17, 15) is 14.7 Å². The van der Waals surface area contributed by atoms with Gasteiger partial charge in [-0.1, -0.05) is 0 Å². The fraction of sp³-hybridized carbons (Fsp3) is 0.615. The highest BCUT2D eigenvalue weighted by Crippen LogP contribution is 2.42. The molecule has 3 heterocycles. The summed E-state index contributed by atoms with van der Waals surface area (Å²) in [6.45, 7) is 3.13. The molecule has 118 valence electrons. The highest BCUT2D eigenvalue weighted by molar-refractivity contribution is 5.22. The number of hydrogen-bond acceptors (Lipinski definition) is 7. The fourth-order valence-corrected chi connectivity index (χ4v) is 2.78. The lowest BCUT2D eigenvalue weighted by Gasteiger charge is -2.24. The van der Waals surface area contributed by atoms with Crippen molar-refractivity contribution in [2.24, 2.45) is 0 Å². The number of rotatable bonds is 2. The first-order chi connectivity index (χ1) is 10.4. The van der Waals surface area contributed by atoms with E-state index in [1.165, 1.54) is 0 Å². The lowest BCUT2D eigenvalue weighted by Crippen LogP contribution is -2.38. The lowest BCUT2D eigenvalue weighted by atomic mass is 10.1. The smallest absolute Gasteiger partial charge is 0.330 e. The van der Waals surface area contributed by atoms with E-state index in [1.807, 2.05) is 0 Å². The molecule has 0 radical (unpaired) electrons. The molecule has 0 amide bonds. The van der Waals surface area contributed by atoms with Gasteiger partial charge in [0, 0.05) is 6.20 Å². The Morgan fingerprint density at radius 3 is 2.73 bits per heavy atom. The number of fused-ring (bicyclic) bond motifs is 1. The van der Waals surface area contributed by atoms with Crippen molar-refractivity contribution in [3.8, 4) is 6.07 Å². The number of aromatic amines is 1. The molecule has 22 heavy (non-hydrogen) atoms. The minimum atomic E-state index is -0.902. The molecule has 2 aliphatic heterocycles. The van der Waals surface area contributed by atoms with E-state index in [-0.39, 0.29) is 12.2 Å². The second-order valence-corrected chi connectivity index (χ2v) is 5.63. The van der Waals surface area contributed by atoms with Gasteiger partial charge in [-0.25, -0.2) is 4.79 Å². The monoisotopic (exact) mass is 309 g/mol. The summed E-state index contributed by atoms with van der Waals surface area (Å²) in [5.74, 6) is -0.880. The van der Waals surface area contributed by atoms with Crippen LogP contribution in [0.3, 0.4) is 0 Å². The molecule has 2 aliphatic rings. The Hall–Kier alpha value is -1.99. The molecule has 9 heteroatoms. The molecule has 9 nitrogen and oxygen atoms in total. The van der Waals surface area contributed by atoms with Crippen molar-refractivity contribution in [1.82, 2.24) is 9.55 Å². The topological polar surface area (TPSA) is 127 Å². The minimum Gasteiger partial charge on any atom is -0.394 e. The predicted molar refractivity (Wildman–Crippen MR) is 70.9 cm³/mol. The minimum absolute atomic E-state index is 0.217. The van der Waals surface area contributed by atoms with E-state index in [0.717, 1.165) is 10.8 Å². The summed E-state index contributed by atoms with van der Waals surface area (Å²) in [5.41, 5.74) is -1.70. The Bertz CT molecular complexity index is 745. The zero-order chi connectivity index (χ0) is 16.1. The Kier molecular flexibility index (Phi) is 3.41. The third-order valence-electron chi connectivity index (χ3n) is 3.67. The molecule has 0 spiro atoms. The molecule has 0 unspecified atom stereocenters. The maximum absolute atomic E-state index is 12.0. The second-order valence-electron chi connectivity index (χ2n) is 5.63. The van der Waals surface area contributed by atoms with Crippen LogP contribution in [0.2, 0.25) is 0 Å². The molecular formula is C13H15N3O6. The summed E-state index contributed by atoms with van der Waals surface area (Å²) in [5, 5.41) is 18.3. The Morgan fingerprint density at radius 1 is 1.41 bits per heavy atom. The summed E-state index contributed by atoms with van der Waals surface area (Å²) in [6.07, 6.45) is -1.63. The van der Waals surface area contributed by atoms with Crippen LogP contribution in [0.1, 0.15) is 25.6 Å². The Balaban J connectivity index is 2.04. The second kappa shape index (κ2) is 5.03. The number of nitriles is 1. The molecule has 0 aliphatic carbocycles. The SMILES string of the molecule is CC1(C)O[C@@H]2[C@H](O1)[C@@H](CO)O[C@H]2n1cc(C#N)c(=O)[nH]c1=O. The molecule has 2 saturated heterocycles. The molecule has 1 aromatic rings. The first-order valence-corrected chi connectivity index (χ1v) is 6.74. The van der Waals surface area contributed by atoms with Gasteiger partial charge in [-0.15, -0.1) is 0 Å². The average Bonchev–Trinajstić information content (AvgIpc) is 2.92. The Morgan fingerprint density at radius 2 is 2.09 bits per heavy atom. The first-order valence-electron chi connectivity index (χ1n) is 6.74. The highest BCUT2D eigenvalue weighted by Gasteiger charge is 2.55. The normalized spacial score (nSPS) is 32.6. The van der Waals surface area contributed by atoms with Crippen LogP contribution in [-0.4, -0.2) is 45.4 Å². The van der Waals surface area contributed by atoms with E-state index in [4.69, 9.17) is 19.5 Å². The van der Waals surface area contributed by atoms with Gasteiger partial charge in [0.1, 0.15) is 29.9 Å². The number of ether oxygens (including phenoxy) is 3. The number of H-pyrrole nitrogens is 1. The van der Waals surface area contributed by atoms with Crippen LogP contribution in [0, 0.1) is 11.3 Å². The molecule has 4 atom stereocenters. The number of aliphatic hydroxyl groups excluding tert-OH is 1. The molecule has 0 saturated carbocycles. The van der Waals surface area contributed by atoms with Gasteiger partial charge in [0.05, 0.1) is 6.61 Å². The number of aromatic nitrogens is 2. The van der Waals surface area contributed by atoms with Crippen LogP contribution in [0.15, 0.2) is 15.8 Å². The van der Waals surface area contributed by atoms with Crippen molar-refractivity contribution in [2.45, 2.75) is 44.2 Å². The van der Waals surface area contributed by atoms with Crippen LogP contribution in [0.4, 0.5) is 0 Å². The van der Waals surface area contributed by atoms with E-state index in [2.05, 4.69) is 4.98 Å². The van der Waals surface area contributed by atoms with Gasteiger partial charge >= 0.3 is 5.69 Å². The maximum atomic E-state index is 12.0. The van der Waals surface area contributed by atoms with Crippen molar-refractivity contribution in [3.05, 3.63) is 32.6 Å². The predicted octanol–water partition coefficient (Wildman–Crippen LogP) is -1.18. The van der Waals surface area contributed by atoms with Crippen molar-refractivity contribution >= 4 is 0 Å². The summed E-state index contributed by atoms with van der Waals surface area (Å²) in [7, 11) is 0. The van der Waals surface area contributed by atoms with Crippen molar-refractivity contribution in [2.75, 3.05) is 6.61 Å². The van der Waals surface area contributed by atoms with Gasteiger partial charge in [0.2, 0.25) is 0 Å². The van der Waals surface area contributed by atoms with Crippen LogP contribution >= 0.6 is 0 Å². The number of nitrogens with one attached hydrogen (secondary N) is 1. The maximum Gasteiger partial charge on any atom is 0.330 e. The van der Waals surface area contributed by atoms with Gasteiger partial charge in [0.15, 0.2) is 12.0 Å². The Labute approximate surface area is 124 Å². The van der Waals surface area contributed by atoms with Gasteiger partial charge in [-0.05, 0) is 13.8 Å². The molecule has 2 fully saturated rings. The van der Waals surface area contributed by atoms with E-state index in [0.29, 0.717) is 0 Å². The zero-order valence-electron chi connectivity index (χ0n) is 12.0. The average molecular weight is 309 g/mol. The number of hydrogen-bond donors (Lipinski definition) is 2. The molecule has 1 aromatic heterocycles. The third kappa shape index (κ3) is 2.26. The molecule has 2 N–H and O–H groups in total. The van der Waals surface area contributed by atoms with Gasteiger partial charge in [-0.2, -0.15) is 5.26 Å². The van der Waals surface area contributed by atoms with Gasteiger partial charge in [-0.3, -0.25) is 14.3 Å².